The third-order valence-electron chi connectivity index (χ3n) is 4.59. The molecular weight excluding hydrogens is 350 g/mol. The lowest BCUT2D eigenvalue weighted by molar-refractivity contribution is -0.145. The van der Waals surface area contributed by atoms with Crippen LogP contribution in [0, 0.1) is 0 Å². The number of carboxylic acid groups (broad SMARTS) is 1. The number of rotatable bonds is 6. The minimum absolute atomic E-state index is 0.109. The normalized spacial score (nSPS) is 21.8. The number of carboxylic acids is 1. The van der Waals surface area contributed by atoms with Crippen molar-refractivity contribution < 1.29 is 28.9 Å². The molecule has 0 aliphatic carbocycles. The molecular formula is C20H25NO6. The largest absolute Gasteiger partial charge is 0.493 e. The molecule has 0 spiro atoms. The van der Waals surface area contributed by atoms with Gasteiger partial charge in [-0.2, -0.15) is 0 Å². The van der Waals surface area contributed by atoms with Gasteiger partial charge < -0.3 is 24.2 Å². The third kappa shape index (κ3) is 4.80. The number of nitrogens with zero attached hydrogens (tertiary/aromatic N) is 1. The Labute approximate surface area is 158 Å². The van der Waals surface area contributed by atoms with Crippen molar-refractivity contribution >= 4 is 18.0 Å². The molecule has 0 saturated carbocycles. The van der Waals surface area contributed by atoms with E-state index < -0.39 is 12.1 Å². The summed E-state index contributed by atoms with van der Waals surface area (Å²) in [5.74, 6) is 0.444. The predicted molar refractivity (Wildman–Crippen MR) is 99.0 cm³/mol. The lowest BCUT2D eigenvalue weighted by Crippen LogP contribution is -2.45. The van der Waals surface area contributed by atoms with Gasteiger partial charge in [0.15, 0.2) is 0 Å². The summed E-state index contributed by atoms with van der Waals surface area (Å²) in [5, 5.41) is 8.90. The summed E-state index contributed by atoms with van der Waals surface area (Å²) in [7, 11) is 0. The van der Waals surface area contributed by atoms with Gasteiger partial charge in [-0.15, -0.1) is 0 Å². The van der Waals surface area contributed by atoms with Gasteiger partial charge in [0.2, 0.25) is 5.91 Å². The van der Waals surface area contributed by atoms with Crippen LogP contribution >= 0.6 is 0 Å². The number of morpholine rings is 1. The van der Waals surface area contributed by atoms with Crippen molar-refractivity contribution in [1.29, 1.82) is 0 Å². The standard InChI is InChI=1S/C20H25NO6/c1-3-25-17-10-15-8-13(2)27-18(15)9-14(17)4-5-19(22)21-6-7-26-16(12-21)11-20(23)24/h4-5,9-10,13,16H,3,6-8,11-12H2,1-2H3,(H,23,24)/b5-4+. The fourth-order valence-corrected chi connectivity index (χ4v) is 3.37. The van der Waals surface area contributed by atoms with Crippen LogP contribution in [0.2, 0.25) is 0 Å². The molecule has 2 atom stereocenters. The molecule has 0 radical (unpaired) electrons. The molecule has 1 saturated heterocycles. The first-order valence-electron chi connectivity index (χ1n) is 9.23. The van der Waals surface area contributed by atoms with Crippen LogP contribution in [0.15, 0.2) is 18.2 Å². The van der Waals surface area contributed by atoms with Crippen LogP contribution in [0.1, 0.15) is 31.4 Å². The number of hydrogen-bond acceptors (Lipinski definition) is 5. The van der Waals surface area contributed by atoms with E-state index in [-0.39, 0.29) is 25.0 Å². The lowest BCUT2D eigenvalue weighted by atomic mass is 10.1. The molecule has 2 aliphatic heterocycles. The zero-order chi connectivity index (χ0) is 19.4. The number of amides is 1. The monoisotopic (exact) mass is 375 g/mol. The molecule has 1 fully saturated rings. The number of carbonyl (C=O) groups is 2. The van der Waals surface area contributed by atoms with E-state index >= 15 is 0 Å². The Morgan fingerprint density at radius 2 is 2.22 bits per heavy atom. The van der Waals surface area contributed by atoms with Crippen LogP contribution in [-0.2, 0) is 20.7 Å². The van der Waals surface area contributed by atoms with E-state index in [4.69, 9.17) is 19.3 Å². The van der Waals surface area contributed by atoms with Gasteiger partial charge in [0, 0.05) is 36.7 Å². The van der Waals surface area contributed by atoms with Crippen LogP contribution < -0.4 is 9.47 Å². The molecule has 1 aromatic carbocycles. The van der Waals surface area contributed by atoms with Crippen molar-refractivity contribution in [1.82, 2.24) is 4.90 Å². The molecule has 2 heterocycles. The Kier molecular flexibility index (Phi) is 6.01. The number of hydrogen-bond donors (Lipinski definition) is 1. The van der Waals surface area contributed by atoms with Gasteiger partial charge in [-0.25, -0.2) is 0 Å². The highest BCUT2D eigenvalue weighted by Crippen LogP contribution is 2.35. The molecule has 1 N–H and O–H groups in total. The van der Waals surface area contributed by atoms with Crippen LogP contribution in [0.5, 0.6) is 11.5 Å². The van der Waals surface area contributed by atoms with Gasteiger partial charge in [0.1, 0.15) is 17.6 Å². The summed E-state index contributed by atoms with van der Waals surface area (Å²) in [5.41, 5.74) is 1.90. The Morgan fingerprint density at radius 1 is 1.41 bits per heavy atom. The van der Waals surface area contributed by atoms with Gasteiger partial charge in [0.25, 0.3) is 0 Å². The van der Waals surface area contributed by atoms with Crippen LogP contribution in [0.4, 0.5) is 0 Å². The number of benzene rings is 1. The third-order valence-corrected chi connectivity index (χ3v) is 4.59. The molecule has 2 unspecified atom stereocenters. The highest BCUT2D eigenvalue weighted by atomic mass is 16.5. The average molecular weight is 375 g/mol. The maximum Gasteiger partial charge on any atom is 0.306 e. The van der Waals surface area contributed by atoms with E-state index in [0.717, 1.165) is 29.0 Å². The first-order chi connectivity index (χ1) is 13.0. The van der Waals surface area contributed by atoms with Crippen molar-refractivity contribution in [3.05, 3.63) is 29.3 Å². The van der Waals surface area contributed by atoms with E-state index in [2.05, 4.69) is 0 Å². The van der Waals surface area contributed by atoms with Gasteiger partial charge in [-0.1, -0.05) is 0 Å². The number of aliphatic carboxylic acids is 1. The van der Waals surface area contributed by atoms with Gasteiger partial charge >= 0.3 is 5.97 Å². The fraction of sp³-hybridized carbons (Fsp3) is 0.500. The predicted octanol–water partition coefficient (Wildman–Crippen LogP) is 2.12. The SMILES string of the molecule is CCOc1cc2c(cc1/C=C/C(=O)N1CCOC(CC(=O)O)C1)OC(C)C2. The van der Waals surface area contributed by atoms with Gasteiger partial charge in [0.05, 0.1) is 25.7 Å². The molecule has 3 rings (SSSR count). The minimum Gasteiger partial charge on any atom is -0.493 e. The quantitative estimate of drug-likeness (QED) is 0.767. The van der Waals surface area contributed by atoms with E-state index in [1.54, 1.807) is 11.0 Å². The lowest BCUT2D eigenvalue weighted by Gasteiger charge is -2.31. The molecule has 2 aliphatic rings. The fourth-order valence-electron chi connectivity index (χ4n) is 3.37. The van der Waals surface area contributed by atoms with Crippen molar-refractivity contribution in [3.63, 3.8) is 0 Å². The molecule has 27 heavy (non-hydrogen) atoms. The molecule has 0 bridgehead atoms. The zero-order valence-corrected chi connectivity index (χ0v) is 15.6. The Morgan fingerprint density at radius 3 is 2.96 bits per heavy atom. The van der Waals surface area contributed by atoms with E-state index in [9.17, 15) is 9.59 Å². The molecule has 1 amide bonds. The van der Waals surface area contributed by atoms with Gasteiger partial charge in [-0.3, -0.25) is 9.59 Å². The van der Waals surface area contributed by atoms with E-state index in [1.165, 1.54) is 6.08 Å². The summed E-state index contributed by atoms with van der Waals surface area (Å²) in [6.07, 6.45) is 3.62. The van der Waals surface area contributed by atoms with Crippen LogP contribution in [0.25, 0.3) is 6.08 Å². The number of carbonyl (C=O) groups excluding carboxylic acids is 1. The Balaban J connectivity index is 1.72. The molecule has 7 heteroatoms. The summed E-state index contributed by atoms with van der Waals surface area (Å²) < 4.78 is 16.9. The molecule has 7 nitrogen and oxygen atoms in total. The maximum atomic E-state index is 12.5. The molecule has 146 valence electrons. The first kappa shape index (κ1) is 19.2. The Hall–Kier alpha value is -2.54. The summed E-state index contributed by atoms with van der Waals surface area (Å²) in [6.45, 7) is 5.53. The summed E-state index contributed by atoms with van der Waals surface area (Å²) in [4.78, 5) is 25.0. The second-order valence-corrected chi connectivity index (χ2v) is 6.77. The smallest absolute Gasteiger partial charge is 0.306 e. The summed E-state index contributed by atoms with van der Waals surface area (Å²) >= 11 is 0. The van der Waals surface area contributed by atoms with E-state index in [0.29, 0.717) is 19.8 Å². The number of ether oxygens (including phenoxy) is 3. The van der Waals surface area contributed by atoms with Crippen molar-refractivity contribution in [2.75, 3.05) is 26.3 Å². The second kappa shape index (κ2) is 8.43. The number of fused-ring (bicyclic) bond motifs is 1. The van der Waals surface area contributed by atoms with Crippen LogP contribution in [0.3, 0.4) is 0 Å². The first-order valence-corrected chi connectivity index (χ1v) is 9.23. The summed E-state index contributed by atoms with van der Waals surface area (Å²) in [6, 6.07) is 3.88. The second-order valence-electron chi connectivity index (χ2n) is 6.77. The zero-order valence-electron chi connectivity index (χ0n) is 15.6. The average Bonchev–Trinajstić information content (AvgIpc) is 2.98. The highest BCUT2D eigenvalue weighted by molar-refractivity contribution is 5.92. The van der Waals surface area contributed by atoms with Crippen LogP contribution in [-0.4, -0.2) is 60.4 Å². The van der Waals surface area contributed by atoms with Crippen molar-refractivity contribution in [2.24, 2.45) is 0 Å². The molecule has 1 aromatic rings. The highest BCUT2D eigenvalue weighted by Gasteiger charge is 2.25. The maximum absolute atomic E-state index is 12.5. The van der Waals surface area contributed by atoms with Gasteiger partial charge in [-0.05, 0) is 32.1 Å². The van der Waals surface area contributed by atoms with E-state index in [1.807, 2.05) is 26.0 Å². The topological polar surface area (TPSA) is 85.3 Å². The minimum atomic E-state index is -0.932. The van der Waals surface area contributed by atoms with Crippen molar-refractivity contribution in [2.45, 2.75) is 38.9 Å². The van der Waals surface area contributed by atoms with Crippen molar-refractivity contribution in [3.8, 4) is 11.5 Å². The Bertz CT molecular complexity index is 744. The molecule has 0 aromatic heterocycles.